The summed E-state index contributed by atoms with van der Waals surface area (Å²) in [6.45, 7) is 2.47. The standard InChI is InChI=1S/C23H26F2O3/c1-2-3-14-4-6-15(7-5-14)23-27-13-17-10-16(11-21(25)22(17)28-23)19-9-8-18(26)12-20(19)24/h8-12,14-15,23,26H,2-7,13H2,1H3. The maximum Gasteiger partial charge on any atom is 0.203 e. The second kappa shape index (κ2) is 8.08. The van der Waals surface area contributed by atoms with E-state index in [0.29, 0.717) is 11.1 Å². The van der Waals surface area contributed by atoms with E-state index in [0.717, 1.165) is 24.8 Å². The van der Waals surface area contributed by atoms with Gasteiger partial charge in [-0.3, -0.25) is 0 Å². The predicted octanol–water partition coefficient (Wildman–Crippen LogP) is 6.18. The normalized spacial score (nSPS) is 24.5. The average Bonchev–Trinajstić information content (AvgIpc) is 2.68. The summed E-state index contributed by atoms with van der Waals surface area (Å²) in [5.41, 5.74) is 1.22. The summed E-state index contributed by atoms with van der Waals surface area (Å²) in [4.78, 5) is 0. The Morgan fingerprint density at radius 1 is 1.04 bits per heavy atom. The van der Waals surface area contributed by atoms with Gasteiger partial charge in [-0.2, -0.15) is 0 Å². The molecule has 1 aliphatic heterocycles. The number of phenols is 1. The van der Waals surface area contributed by atoms with E-state index in [2.05, 4.69) is 6.92 Å². The molecule has 4 rings (SSSR count). The summed E-state index contributed by atoms with van der Waals surface area (Å²) in [6, 6.07) is 6.82. The van der Waals surface area contributed by atoms with Crippen molar-refractivity contribution in [3.8, 4) is 22.6 Å². The Balaban J connectivity index is 1.51. The zero-order valence-corrected chi connectivity index (χ0v) is 16.1. The van der Waals surface area contributed by atoms with E-state index in [4.69, 9.17) is 9.47 Å². The van der Waals surface area contributed by atoms with Gasteiger partial charge >= 0.3 is 0 Å². The van der Waals surface area contributed by atoms with Crippen LogP contribution in [0.25, 0.3) is 11.1 Å². The molecule has 0 aromatic heterocycles. The maximum atomic E-state index is 14.8. The minimum atomic E-state index is -0.598. The molecule has 0 spiro atoms. The third kappa shape index (κ3) is 3.86. The molecule has 1 atom stereocenters. The van der Waals surface area contributed by atoms with Gasteiger partial charge in [-0.05, 0) is 61.4 Å². The first-order chi connectivity index (χ1) is 13.5. The number of hydrogen-bond donors (Lipinski definition) is 1. The molecule has 3 nitrogen and oxygen atoms in total. The highest BCUT2D eigenvalue weighted by atomic mass is 19.1. The van der Waals surface area contributed by atoms with E-state index in [9.17, 15) is 13.9 Å². The zero-order chi connectivity index (χ0) is 19.7. The first kappa shape index (κ1) is 19.2. The highest BCUT2D eigenvalue weighted by molar-refractivity contribution is 5.67. The van der Waals surface area contributed by atoms with Crippen molar-refractivity contribution in [1.29, 1.82) is 0 Å². The van der Waals surface area contributed by atoms with Crippen molar-refractivity contribution in [2.45, 2.75) is 58.3 Å². The van der Waals surface area contributed by atoms with Gasteiger partial charge in [-0.15, -0.1) is 0 Å². The number of rotatable bonds is 4. The largest absolute Gasteiger partial charge is 0.508 e. The van der Waals surface area contributed by atoms with Gasteiger partial charge in [0.15, 0.2) is 11.6 Å². The molecule has 150 valence electrons. The van der Waals surface area contributed by atoms with Crippen LogP contribution >= 0.6 is 0 Å². The fourth-order valence-electron chi connectivity index (χ4n) is 4.49. The summed E-state index contributed by atoms with van der Waals surface area (Å²) >= 11 is 0. The van der Waals surface area contributed by atoms with Crippen LogP contribution in [-0.4, -0.2) is 11.4 Å². The molecule has 1 N–H and O–H groups in total. The molecular formula is C23H26F2O3. The Bertz CT molecular complexity index is 844. The lowest BCUT2D eigenvalue weighted by atomic mass is 9.79. The van der Waals surface area contributed by atoms with E-state index < -0.39 is 17.9 Å². The van der Waals surface area contributed by atoms with E-state index in [1.54, 1.807) is 6.07 Å². The fourth-order valence-corrected chi connectivity index (χ4v) is 4.49. The molecule has 28 heavy (non-hydrogen) atoms. The molecular weight excluding hydrogens is 362 g/mol. The lowest BCUT2D eigenvalue weighted by molar-refractivity contribution is -0.150. The van der Waals surface area contributed by atoms with Crippen LogP contribution < -0.4 is 4.74 Å². The summed E-state index contributed by atoms with van der Waals surface area (Å²) in [5, 5.41) is 9.38. The van der Waals surface area contributed by atoms with E-state index >= 15 is 0 Å². The van der Waals surface area contributed by atoms with E-state index in [1.807, 2.05) is 0 Å². The van der Waals surface area contributed by atoms with E-state index in [-0.39, 0.29) is 29.6 Å². The van der Waals surface area contributed by atoms with Gasteiger partial charge in [0.1, 0.15) is 11.6 Å². The Kier molecular flexibility index (Phi) is 5.54. The quantitative estimate of drug-likeness (QED) is 0.680. The average molecular weight is 388 g/mol. The number of aromatic hydroxyl groups is 1. The van der Waals surface area contributed by atoms with Gasteiger partial charge in [0.2, 0.25) is 6.29 Å². The summed E-state index contributed by atoms with van der Waals surface area (Å²) in [6.07, 6.45) is 6.51. The van der Waals surface area contributed by atoms with Crippen LogP contribution in [0.3, 0.4) is 0 Å². The van der Waals surface area contributed by atoms with Gasteiger partial charge in [0, 0.05) is 23.1 Å². The molecule has 0 radical (unpaired) electrons. The molecule has 0 saturated heterocycles. The first-order valence-electron chi connectivity index (χ1n) is 10.1. The molecule has 1 fully saturated rings. The number of benzene rings is 2. The van der Waals surface area contributed by atoms with Crippen molar-refractivity contribution < 1.29 is 23.4 Å². The Morgan fingerprint density at radius 3 is 2.54 bits per heavy atom. The van der Waals surface area contributed by atoms with Gasteiger partial charge in [-0.1, -0.05) is 19.8 Å². The number of hydrogen-bond acceptors (Lipinski definition) is 3. The molecule has 0 bridgehead atoms. The summed E-state index contributed by atoms with van der Waals surface area (Å²) < 4.78 is 40.7. The monoisotopic (exact) mass is 388 g/mol. The van der Waals surface area contributed by atoms with Crippen LogP contribution in [0.4, 0.5) is 8.78 Å². The molecule has 2 aromatic rings. The Labute approximate surface area is 164 Å². The molecule has 1 saturated carbocycles. The van der Waals surface area contributed by atoms with Crippen LogP contribution in [-0.2, 0) is 11.3 Å². The molecule has 2 aromatic carbocycles. The van der Waals surface area contributed by atoms with Crippen molar-refractivity contribution in [3.63, 3.8) is 0 Å². The van der Waals surface area contributed by atoms with Crippen LogP contribution in [0, 0.1) is 23.5 Å². The van der Waals surface area contributed by atoms with Crippen LogP contribution in [0.5, 0.6) is 11.5 Å². The van der Waals surface area contributed by atoms with Crippen LogP contribution in [0.15, 0.2) is 30.3 Å². The topological polar surface area (TPSA) is 38.7 Å². The Morgan fingerprint density at radius 2 is 1.82 bits per heavy atom. The number of fused-ring (bicyclic) bond motifs is 1. The molecule has 1 aliphatic carbocycles. The van der Waals surface area contributed by atoms with E-state index in [1.165, 1.54) is 43.9 Å². The fraction of sp³-hybridized carbons (Fsp3) is 0.478. The lowest BCUT2D eigenvalue weighted by Crippen LogP contribution is -2.35. The number of halogens is 2. The summed E-state index contributed by atoms with van der Waals surface area (Å²) in [5.74, 6) is 0.0240. The van der Waals surface area contributed by atoms with Crippen molar-refractivity contribution in [2.24, 2.45) is 11.8 Å². The molecule has 0 amide bonds. The third-order valence-electron chi connectivity index (χ3n) is 5.99. The smallest absolute Gasteiger partial charge is 0.203 e. The number of phenolic OH excluding ortho intramolecular Hbond substituents is 1. The van der Waals surface area contributed by atoms with Crippen molar-refractivity contribution in [1.82, 2.24) is 0 Å². The first-order valence-corrected chi connectivity index (χ1v) is 10.1. The van der Waals surface area contributed by atoms with Crippen molar-refractivity contribution >= 4 is 0 Å². The van der Waals surface area contributed by atoms with Crippen molar-refractivity contribution in [2.75, 3.05) is 0 Å². The summed E-state index contributed by atoms with van der Waals surface area (Å²) in [7, 11) is 0. The molecule has 1 unspecified atom stereocenters. The molecule has 1 heterocycles. The minimum absolute atomic E-state index is 0.164. The van der Waals surface area contributed by atoms with Gasteiger partial charge < -0.3 is 14.6 Å². The molecule has 5 heteroatoms. The highest BCUT2D eigenvalue weighted by Crippen LogP contribution is 2.40. The minimum Gasteiger partial charge on any atom is -0.508 e. The third-order valence-corrected chi connectivity index (χ3v) is 5.99. The predicted molar refractivity (Wildman–Crippen MR) is 103 cm³/mol. The second-order valence-electron chi connectivity index (χ2n) is 7.98. The van der Waals surface area contributed by atoms with Crippen LogP contribution in [0.2, 0.25) is 0 Å². The maximum absolute atomic E-state index is 14.8. The molecule has 2 aliphatic rings. The van der Waals surface area contributed by atoms with Crippen molar-refractivity contribution in [3.05, 3.63) is 47.5 Å². The van der Waals surface area contributed by atoms with Gasteiger partial charge in [0.25, 0.3) is 0 Å². The second-order valence-corrected chi connectivity index (χ2v) is 7.98. The van der Waals surface area contributed by atoms with Gasteiger partial charge in [-0.25, -0.2) is 8.78 Å². The Hall–Kier alpha value is -2.14. The number of ether oxygens (including phenoxy) is 2. The van der Waals surface area contributed by atoms with Gasteiger partial charge in [0.05, 0.1) is 6.61 Å². The highest BCUT2D eigenvalue weighted by Gasteiger charge is 2.33. The SMILES string of the molecule is CCCC1CCC(C2OCc3cc(-c4ccc(O)cc4F)cc(F)c3O2)CC1. The lowest BCUT2D eigenvalue weighted by Gasteiger charge is -2.36. The van der Waals surface area contributed by atoms with Crippen LogP contribution in [0.1, 0.15) is 51.0 Å². The zero-order valence-electron chi connectivity index (χ0n) is 16.1.